The molecule has 0 saturated heterocycles. The molecule has 0 radical (unpaired) electrons. The van der Waals surface area contributed by atoms with Crippen LogP contribution in [0.5, 0.6) is 5.75 Å². The molecule has 1 saturated carbocycles. The molecule has 0 aliphatic heterocycles. The molecular formula is C32H27FN4O4. The summed E-state index contributed by atoms with van der Waals surface area (Å²) >= 11 is 0. The van der Waals surface area contributed by atoms with Crippen LogP contribution in [0.15, 0.2) is 77.5 Å². The van der Waals surface area contributed by atoms with E-state index in [1.54, 1.807) is 49.8 Å². The van der Waals surface area contributed by atoms with Gasteiger partial charge in [-0.3, -0.25) is 9.59 Å². The number of nitrogens with one attached hydrogen (secondary N) is 2. The van der Waals surface area contributed by atoms with E-state index in [4.69, 9.17) is 9.15 Å². The summed E-state index contributed by atoms with van der Waals surface area (Å²) in [4.78, 5) is 35.3. The first kappa shape index (κ1) is 26.2. The highest BCUT2D eigenvalue weighted by molar-refractivity contribution is 6.12. The number of rotatable bonds is 7. The predicted molar refractivity (Wildman–Crippen MR) is 152 cm³/mol. The summed E-state index contributed by atoms with van der Waals surface area (Å²) in [7, 11) is 3.08. The van der Waals surface area contributed by atoms with Crippen molar-refractivity contribution in [2.24, 2.45) is 0 Å². The number of halogens is 1. The van der Waals surface area contributed by atoms with Gasteiger partial charge in [-0.25, -0.2) is 14.4 Å². The van der Waals surface area contributed by atoms with Crippen molar-refractivity contribution < 1.29 is 23.1 Å². The molecule has 2 aromatic heterocycles. The quantitative estimate of drug-likeness (QED) is 0.266. The number of amides is 2. The summed E-state index contributed by atoms with van der Waals surface area (Å²) in [6.07, 6.45) is 4.83. The zero-order valence-corrected chi connectivity index (χ0v) is 22.7. The van der Waals surface area contributed by atoms with Crippen LogP contribution in [0.3, 0.4) is 0 Å². The Balaban J connectivity index is 1.43. The molecule has 3 aromatic carbocycles. The number of aryl methyl sites for hydroxylation is 1. The van der Waals surface area contributed by atoms with Crippen LogP contribution in [0.2, 0.25) is 0 Å². The summed E-state index contributed by atoms with van der Waals surface area (Å²) in [5.41, 5.74) is 3.69. The van der Waals surface area contributed by atoms with Gasteiger partial charge < -0.3 is 19.8 Å². The van der Waals surface area contributed by atoms with Crippen LogP contribution in [-0.2, 0) is 5.54 Å². The second kappa shape index (κ2) is 10.2. The van der Waals surface area contributed by atoms with Gasteiger partial charge in [-0.1, -0.05) is 6.07 Å². The minimum absolute atomic E-state index is 0.290. The highest BCUT2D eigenvalue weighted by atomic mass is 19.1. The average molecular weight is 551 g/mol. The van der Waals surface area contributed by atoms with E-state index in [-0.39, 0.29) is 17.6 Å². The highest BCUT2D eigenvalue weighted by Crippen LogP contribution is 2.44. The molecule has 0 unspecified atom stereocenters. The SMILES string of the molecule is CNC(=O)c1c(-c2ccc(F)cc2)oc2ccc(-c3cc(C(=O)NC4(c5ncccn5)CC4)c(OC)cc3C)cc12. The average Bonchev–Trinajstić information content (AvgIpc) is 3.68. The molecule has 0 bridgehead atoms. The summed E-state index contributed by atoms with van der Waals surface area (Å²) in [5.74, 6) is 0.381. The lowest BCUT2D eigenvalue weighted by Gasteiger charge is -2.18. The number of fused-ring (bicyclic) bond motifs is 1. The van der Waals surface area contributed by atoms with E-state index >= 15 is 0 Å². The summed E-state index contributed by atoms with van der Waals surface area (Å²) < 4.78 is 25.3. The van der Waals surface area contributed by atoms with Gasteiger partial charge in [-0.2, -0.15) is 0 Å². The number of furan rings is 1. The third-order valence-electron chi connectivity index (χ3n) is 7.45. The van der Waals surface area contributed by atoms with Gasteiger partial charge in [0.15, 0.2) is 5.82 Å². The smallest absolute Gasteiger partial charge is 0.255 e. The van der Waals surface area contributed by atoms with E-state index in [0.29, 0.717) is 45.0 Å². The molecule has 8 nitrogen and oxygen atoms in total. The third-order valence-corrected chi connectivity index (χ3v) is 7.45. The second-order valence-corrected chi connectivity index (χ2v) is 10.1. The second-order valence-electron chi connectivity index (χ2n) is 10.1. The van der Waals surface area contributed by atoms with Crippen molar-refractivity contribution in [2.75, 3.05) is 14.2 Å². The van der Waals surface area contributed by atoms with Crippen molar-refractivity contribution in [3.05, 3.63) is 101 Å². The first-order valence-electron chi connectivity index (χ1n) is 13.2. The molecule has 1 aliphatic rings. The van der Waals surface area contributed by atoms with Crippen LogP contribution < -0.4 is 15.4 Å². The number of hydrogen-bond acceptors (Lipinski definition) is 6. The van der Waals surface area contributed by atoms with E-state index in [9.17, 15) is 14.0 Å². The fraction of sp³-hybridized carbons (Fsp3) is 0.188. The Morgan fingerprint density at radius 3 is 2.34 bits per heavy atom. The number of methoxy groups -OCH3 is 1. The standard InChI is InChI=1S/C32H27FN4O4/c1-18-15-26(40-3)24(29(38)37-32(11-12-32)31-35-13-4-14-36-31)17-22(18)20-7-10-25-23(16-20)27(30(39)34-2)28(41-25)19-5-8-21(33)9-6-19/h4-10,13-17H,11-12H2,1-3H3,(H,34,39)(H,37,38). The van der Waals surface area contributed by atoms with Gasteiger partial charge >= 0.3 is 0 Å². The Kier molecular flexibility index (Phi) is 6.49. The van der Waals surface area contributed by atoms with Gasteiger partial charge in [0, 0.05) is 30.4 Å². The van der Waals surface area contributed by atoms with Gasteiger partial charge in [0.05, 0.1) is 18.2 Å². The summed E-state index contributed by atoms with van der Waals surface area (Å²) in [6.45, 7) is 1.93. The molecule has 0 atom stereocenters. The van der Waals surface area contributed by atoms with Crippen molar-refractivity contribution in [1.29, 1.82) is 0 Å². The largest absolute Gasteiger partial charge is 0.496 e. The molecular weight excluding hydrogens is 523 g/mol. The number of ether oxygens (including phenoxy) is 1. The predicted octanol–water partition coefficient (Wildman–Crippen LogP) is 5.79. The Bertz CT molecular complexity index is 1790. The molecule has 2 heterocycles. The summed E-state index contributed by atoms with van der Waals surface area (Å²) in [6, 6.07) is 16.7. The number of hydrogen-bond donors (Lipinski definition) is 2. The van der Waals surface area contributed by atoms with Gasteiger partial charge in [-0.15, -0.1) is 0 Å². The van der Waals surface area contributed by atoms with Gasteiger partial charge in [-0.05, 0) is 91.1 Å². The number of nitrogens with zero attached hydrogens (tertiary/aromatic N) is 2. The van der Waals surface area contributed by atoms with Crippen molar-refractivity contribution in [2.45, 2.75) is 25.3 Å². The normalized spacial score (nSPS) is 13.6. The van der Waals surface area contributed by atoms with E-state index in [1.807, 2.05) is 25.1 Å². The molecule has 6 rings (SSSR count). The highest BCUT2D eigenvalue weighted by Gasteiger charge is 2.48. The minimum atomic E-state index is -0.594. The maximum Gasteiger partial charge on any atom is 0.255 e. The Labute approximate surface area is 235 Å². The molecule has 1 fully saturated rings. The molecule has 0 spiro atoms. The third kappa shape index (κ3) is 4.69. The Morgan fingerprint density at radius 1 is 0.976 bits per heavy atom. The van der Waals surface area contributed by atoms with Crippen LogP contribution in [0.4, 0.5) is 4.39 Å². The number of aromatic nitrogens is 2. The molecule has 206 valence electrons. The first-order chi connectivity index (χ1) is 19.8. The number of benzene rings is 3. The fourth-order valence-corrected chi connectivity index (χ4v) is 5.12. The molecule has 2 N–H and O–H groups in total. The number of carbonyl (C=O) groups excluding carboxylic acids is 2. The van der Waals surface area contributed by atoms with Crippen LogP contribution in [0, 0.1) is 12.7 Å². The first-order valence-corrected chi connectivity index (χ1v) is 13.2. The van der Waals surface area contributed by atoms with Crippen LogP contribution in [-0.4, -0.2) is 35.9 Å². The minimum Gasteiger partial charge on any atom is -0.496 e. The van der Waals surface area contributed by atoms with Crippen LogP contribution >= 0.6 is 0 Å². The molecule has 9 heteroatoms. The van der Waals surface area contributed by atoms with Crippen LogP contribution in [0.25, 0.3) is 33.4 Å². The van der Waals surface area contributed by atoms with Crippen molar-refractivity contribution in [3.8, 4) is 28.2 Å². The molecule has 1 aliphatic carbocycles. The topological polar surface area (TPSA) is 106 Å². The van der Waals surface area contributed by atoms with Gasteiger partial charge in [0.2, 0.25) is 0 Å². The molecule has 5 aromatic rings. The zero-order chi connectivity index (χ0) is 28.7. The monoisotopic (exact) mass is 550 g/mol. The molecule has 41 heavy (non-hydrogen) atoms. The van der Waals surface area contributed by atoms with Crippen molar-refractivity contribution in [3.63, 3.8) is 0 Å². The van der Waals surface area contributed by atoms with E-state index in [0.717, 1.165) is 29.5 Å². The lowest BCUT2D eigenvalue weighted by atomic mass is 9.95. The lowest BCUT2D eigenvalue weighted by molar-refractivity contribution is 0.0923. The van der Waals surface area contributed by atoms with E-state index in [1.165, 1.54) is 19.2 Å². The van der Waals surface area contributed by atoms with Crippen molar-refractivity contribution in [1.82, 2.24) is 20.6 Å². The molecule has 2 amide bonds. The fourth-order valence-electron chi connectivity index (χ4n) is 5.12. The van der Waals surface area contributed by atoms with Gasteiger partial charge in [0.1, 0.15) is 28.4 Å². The van der Waals surface area contributed by atoms with Crippen molar-refractivity contribution >= 4 is 22.8 Å². The Hall–Kier alpha value is -5.05. The zero-order valence-electron chi connectivity index (χ0n) is 22.7. The van der Waals surface area contributed by atoms with E-state index < -0.39 is 5.54 Å². The lowest BCUT2D eigenvalue weighted by Crippen LogP contribution is -2.36. The van der Waals surface area contributed by atoms with E-state index in [2.05, 4.69) is 20.6 Å². The summed E-state index contributed by atoms with van der Waals surface area (Å²) in [5, 5.41) is 6.40. The Morgan fingerprint density at radius 2 is 1.68 bits per heavy atom. The maximum atomic E-state index is 13.6. The number of carbonyl (C=O) groups is 2. The maximum absolute atomic E-state index is 13.6. The van der Waals surface area contributed by atoms with Gasteiger partial charge in [0.25, 0.3) is 11.8 Å². The van der Waals surface area contributed by atoms with Crippen LogP contribution in [0.1, 0.15) is 44.9 Å².